The monoisotopic (exact) mass is 874 g/mol. The van der Waals surface area contributed by atoms with Crippen molar-refractivity contribution in [1.82, 2.24) is 5.32 Å². The van der Waals surface area contributed by atoms with Crippen molar-refractivity contribution in [3.63, 3.8) is 0 Å². The number of esters is 1. The molecule has 0 fully saturated rings. The summed E-state index contributed by atoms with van der Waals surface area (Å²) < 4.78 is 5.48. The highest BCUT2D eigenvalue weighted by Gasteiger charge is 2.18. The van der Waals surface area contributed by atoms with Crippen LogP contribution in [0.25, 0.3) is 0 Å². The number of hydrogen-bond donors (Lipinski definition) is 3. The van der Waals surface area contributed by atoms with Crippen LogP contribution >= 0.6 is 0 Å². The average molecular weight is 874 g/mol. The van der Waals surface area contributed by atoms with Crippen LogP contribution in [0.4, 0.5) is 0 Å². The standard InChI is InChI=1S/C56H107NO5/c1-3-5-7-9-11-13-15-17-18-19-20-21-22-26-30-34-38-42-46-50-56(61)62-51-47-43-39-35-31-27-24-23-25-29-33-37-41-45-49-55(60)57-53(52-58)54(59)48-44-40-36-32-28-16-14-12-10-8-6-4-2/h17-18,44,48,53-54,58-59H,3-16,19-43,45-47,49-52H2,1-2H3,(H,57,60)/b18-17-,48-44+. The largest absolute Gasteiger partial charge is 0.466 e. The predicted octanol–water partition coefficient (Wildman–Crippen LogP) is 16.7. The lowest BCUT2D eigenvalue weighted by Gasteiger charge is -2.20. The second-order valence-corrected chi connectivity index (χ2v) is 18.9. The second kappa shape index (κ2) is 52.0. The maximum Gasteiger partial charge on any atom is 0.305 e. The van der Waals surface area contributed by atoms with Gasteiger partial charge in [0.1, 0.15) is 0 Å². The van der Waals surface area contributed by atoms with E-state index in [0.717, 1.165) is 57.8 Å². The maximum atomic E-state index is 12.4. The van der Waals surface area contributed by atoms with Gasteiger partial charge in [-0.25, -0.2) is 0 Å². The molecule has 0 rings (SSSR count). The van der Waals surface area contributed by atoms with E-state index in [9.17, 15) is 19.8 Å². The van der Waals surface area contributed by atoms with Crippen LogP contribution in [0.15, 0.2) is 24.3 Å². The molecule has 2 atom stereocenters. The fourth-order valence-corrected chi connectivity index (χ4v) is 8.45. The van der Waals surface area contributed by atoms with Crippen molar-refractivity contribution >= 4 is 11.9 Å². The van der Waals surface area contributed by atoms with Gasteiger partial charge in [-0.05, 0) is 57.8 Å². The first-order chi connectivity index (χ1) is 30.5. The van der Waals surface area contributed by atoms with Crippen molar-refractivity contribution in [1.29, 1.82) is 0 Å². The van der Waals surface area contributed by atoms with Crippen molar-refractivity contribution in [3.05, 3.63) is 24.3 Å². The molecule has 0 saturated heterocycles. The van der Waals surface area contributed by atoms with Gasteiger partial charge in [0.2, 0.25) is 5.91 Å². The highest BCUT2D eigenvalue weighted by Crippen LogP contribution is 2.16. The lowest BCUT2D eigenvalue weighted by atomic mass is 10.0. The minimum absolute atomic E-state index is 0.00401. The van der Waals surface area contributed by atoms with Gasteiger partial charge in [0.05, 0.1) is 25.4 Å². The third kappa shape index (κ3) is 47.8. The molecule has 0 aliphatic heterocycles. The number of carbonyl (C=O) groups excluding carboxylic acids is 2. The molecule has 366 valence electrons. The first kappa shape index (κ1) is 60.3. The van der Waals surface area contributed by atoms with Crippen molar-refractivity contribution < 1.29 is 24.5 Å². The number of nitrogens with one attached hydrogen (secondary N) is 1. The summed E-state index contributed by atoms with van der Waals surface area (Å²) in [7, 11) is 0. The Morgan fingerprint density at radius 1 is 0.435 bits per heavy atom. The lowest BCUT2D eigenvalue weighted by Crippen LogP contribution is -2.45. The number of unbranched alkanes of at least 4 members (excludes halogenated alkanes) is 38. The molecule has 6 heteroatoms. The van der Waals surface area contributed by atoms with Crippen molar-refractivity contribution in [2.75, 3.05) is 13.2 Å². The Morgan fingerprint density at radius 2 is 0.758 bits per heavy atom. The molecule has 3 N–H and O–H groups in total. The van der Waals surface area contributed by atoms with Gasteiger partial charge in [0.15, 0.2) is 0 Å². The Bertz CT molecular complexity index is 966. The van der Waals surface area contributed by atoms with Crippen LogP contribution in [-0.4, -0.2) is 47.4 Å². The fourth-order valence-electron chi connectivity index (χ4n) is 8.45. The summed E-state index contributed by atoms with van der Waals surface area (Å²) in [5.41, 5.74) is 0. The Hall–Kier alpha value is -1.66. The summed E-state index contributed by atoms with van der Waals surface area (Å²) in [5, 5.41) is 23.0. The average Bonchev–Trinajstić information content (AvgIpc) is 3.27. The number of aliphatic hydroxyl groups is 2. The maximum absolute atomic E-state index is 12.4. The van der Waals surface area contributed by atoms with Gasteiger partial charge in [0.25, 0.3) is 0 Å². The van der Waals surface area contributed by atoms with Gasteiger partial charge >= 0.3 is 5.97 Å². The zero-order valence-corrected chi connectivity index (χ0v) is 41.6. The number of hydrogen-bond acceptors (Lipinski definition) is 5. The molecule has 62 heavy (non-hydrogen) atoms. The molecule has 0 aliphatic carbocycles. The van der Waals surface area contributed by atoms with E-state index in [-0.39, 0.29) is 18.5 Å². The third-order valence-electron chi connectivity index (χ3n) is 12.7. The Kier molecular flexibility index (Phi) is 50.6. The molecular weight excluding hydrogens is 767 g/mol. The molecular formula is C56H107NO5. The van der Waals surface area contributed by atoms with Crippen LogP contribution in [0.5, 0.6) is 0 Å². The van der Waals surface area contributed by atoms with Crippen LogP contribution in [0.3, 0.4) is 0 Å². The zero-order valence-electron chi connectivity index (χ0n) is 41.6. The molecule has 6 nitrogen and oxygen atoms in total. The number of allylic oxidation sites excluding steroid dienone is 3. The minimum atomic E-state index is -0.850. The summed E-state index contributed by atoms with van der Waals surface area (Å²) in [6, 6.07) is -0.634. The van der Waals surface area contributed by atoms with Gasteiger partial charge in [-0.1, -0.05) is 250 Å². The van der Waals surface area contributed by atoms with Crippen LogP contribution in [-0.2, 0) is 14.3 Å². The highest BCUT2D eigenvalue weighted by molar-refractivity contribution is 5.76. The molecule has 0 spiro atoms. The fraction of sp³-hybridized carbons (Fsp3) is 0.893. The summed E-state index contributed by atoms with van der Waals surface area (Å²) in [6.45, 7) is 4.87. The number of rotatable bonds is 51. The smallest absolute Gasteiger partial charge is 0.305 e. The first-order valence-electron chi connectivity index (χ1n) is 27.6. The van der Waals surface area contributed by atoms with E-state index in [2.05, 4.69) is 31.3 Å². The summed E-state index contributed by atoms with van der Waals surface area (Å²) in [6.07, 6.45) is 61.9. The van der Waals surface area contributed by atoms with Crippen LogP contribution < -0.4 is 5.32 Å². The van der Waals surface area contributed by atoms with E-state index >= 15 is 0 Å². The molecule has 0 aromatic heterocycles. The molecule has 0 saturated carbocycles. The summed E-state index contributed by atoms with van der Waals surface area (Å²) in [4.78, 5) is 24.5. The zero-order chi connectivity index (χ0) is 45.1. The molecule has 0 bridgehead atoms. The van der Waals surface area contributed by atoms with Gasteiger partial charge < -0.3 is 20.3 Å². The predicted molar refractivity (Wildman–Crippen MR) is 269 cm³/mol. The van der Waals surface area contributed by atoms with Crippen molar-refractivity contribution in [3.8, 4) is 0 Å². The Labute approximate surface area is 386 Å². The number of aliphatic hydroxyl groups excluding tert-OH is 2. The third-order valence-corrected chi connectivity index (χ3v) is 12.7. The van der Waals surface area contributed by atoms with Crippen LogP contribution in [0.2, 0.25) is 0 Å². The highest BCUT2D eigenvalue weighted by atomic mass is 16.5. The van der Waals surface area contributed by atoms with Crippen molar-refractivity contribution in [2.45, 2.75) is 309 Å². The quantitative estimate of drug-likeness (QED) is 0.0321. The molecule has 0 heterocycles. The van der Waals surface area contributed by atoms with E-state index in [1.165, 1.54) is 212 Å². The number of ether oxygens (including phenoxy) is 1. The second-order valence-electron chi connectivity index (χ2n) is 18.9. The molecule has 0 aromatic rings. The molecule has 0 aliphatic rings. The number of amides is 1. The van der Waals surface area contributed by atoms with Crippen molar-refractivity contribution in [2.24, 2.45) is 0 Å². The van der Waals surface area contributed by atoms with Crippen LogP contribution in [0.1, 0.15) is 296 Å². The SMILES string of the molecule is CCCCCCCC/C=C\CCCCCCCCCCCC(=O)OCCCCCCCCCCCCCCCCC(=O)NC(CO)C(O)/C=C/CCCCCCCCCCCC. The van der Waals surface area contributed by atoms with E-state index in [1.807, 2.05) is 6.08 Å². The summed E-state index contributed by atoms with van der Waals surface area (Å²) >= 11 is 0. The van der Waals surface area contributed by atoms with E-state index in [4.69, 9.17) is 4.74 Å². The first-order valence-corrected chi connectivity index (χ1v) is 27.6. The van der Waals surface area contributed by atoms with E-state index in [0.29, 0.717) is 19.4 Å². The molecule has 0 aromatic carbocycles. The van der Waals surface area contributed by atoms with Crippen LogP contribution in [0, 0.1) is 0 Å². The Balaban J connectivity index is 3.43. The van der Waals surface area contributed by atoms with Gasteiger partial charge in [0, 0.05) is 12.8 Å². The number of carbonyl (C=O) groups is 2. The summed E-state index contributed by atoms with van der Waals surface area (Å²) in [5.74, 6) is -0.0829. The van der Waals surface area contributed by atoms with Gasteiger partial charge in [-0.15, -0.1) is 0 Å². The van der Waals surface area contributed by atoms with E-state index in [1.54, 1.807) is 6.08 Å². The van der Waals surface area contributed by atoms with Gasteiger partial charge in [-0.3, -0.25) is 9.59 Å². The lowest BCUT2D eigenvalue weighted by molar-refractivity contribution is -0.143. The molecule has 2 unspecified atom stereocenters. The molecule has 1 amide bonds. The Morgan fingerprint density at radius 3 is 1.15 bits per heavy atom. The molecule has 0 radical (unpaired) electrons. The normalized spacial score (nSPS) is 12.8. The van der Waals surface area contributed by atoms with E-state index < -0.39 is 12.1 Å². The topological polar surface area (TPSA) is 95.9 Å². The minimum Gasteiger partial charge on any atom is -0.466 e. The van der Waals surface area contributed by atoms with Gasteiger partial charge in [-0.2, -0.15) is 0 Å².